The molecule has 0 unspecified atom stereocenters. The van der Waals surface area contributed by atoms with Crippen LogP contribution in [-0.2, 0) is 10.4 Å². The minimum atomic E-state index is -5.17. The van der Waals surface area contributed by atoms with Crippen LogP contribution in [0.2, 0.25) is 0 Å². The molecule has 20 heavy (non-hydrogen) atoms. The second-order valence-electron chi connectivity index (χ2n) is 5.91. The molecule has 0 heterocycles. The van der Waals surface area contributed by atoms with E-state index in [9.17, 15) is 0 Å². The van der Waals surface area contributed by atoms with Gasteiger partial charge in [-0.2, -0.15) is 0 Å². The standard InChI is InChI=1S/C14H32N.H2O4S/c1-5-7-9-10-12-14-15(3,4)13-11-8-6-2;1-5(2,3)4/h5-14H2,1-4H3;(H2,1,2,3,4)/q+1;/p-1. The van der Waals surface area contributed by atoms with Gasteiger partial charge in [-0.05, 0) is 25.7 Å². The summed E-state index contributed by atoms with van der Waals surface area (Å²) in [6.07, 6.45) is 11.2. The third-order valence-electron chi connectivity index (χ3n) is 3.23. The van der Waals surface area contributed by atoms with Gasteiger partial charge in [-0.25, -0.2) is 0 Å². The average molecular weight is 311 g/mol. The zero-order valence-electron chi connectivity index (χ0n) is 14.6. The summed E-state index contributed by atoms with van der Waals surface area (Å²) in [7, 11) is -0.398. The van der Waals surface area contributed by atoms with E-state index in [1.54, 1.807) is 0 Å². The largest absolute Gasteiger partial charge is 1.00 e. The number of rotatable bonds is 10. The maximum Gasteiger partial charge on any atom is 1.00 e. The van der Waals surface area contributed by atoms with E-state index in [1.165, 1.54) is 68.9 Å². The van der Waals surface area contributed by atoms with Crippen molar-refractivity contribution >= 4 is 10.4 Å². The Balaban J connectivity index is -0.000000465. The summed E-state index contributed by atoms with van der Waals surface area (Å²) in [5, 5.41) is 0. The molecule has 0 N–H and O–H groups in total. The van der Waals surface area contributed by atoms with Crippen molar-refractivity contribution < 1.29 is 23.4 Å². The van der Waals surface area contributed by atoms with Gasteiger partial charge in [-0.3, -0.25) is 8.42 Å². The molecule has 0 amide bonds. The fraction of sp³-hybridized carbons (Fsp3) is 1.00. The van der Waals surface area contributed by atoms with E-state index in [-0.39, 0.29) is 1.43 Å². The highest BCUT2D eigenvalue weighted by molar-refractivity contribution is 7.79. The van der Waals surface area contributed by atoms with E-state index in [2.05, 4.69) is 27.9 Å². The molecule has 0 spiro atoms. The number of hydrogen-bond donors (Lipinski definition) is 0. The van der Waals surface area contributed by atoms with Crippen molar-refractivity contribution in [2.45, 2.75) is 65.2 Å². The lowest BCUT2D eigenvalue weighted by atomic mass is 10.1. The normalized spacial score (nSPS) is 11.9. The molecule has 0 bridgehead atoms. The number of unbranched alkanes of at least 4 members (excludes halogenated alkanes) is 6. The number of nitrogens with zero attached hydrogens (tertiary/aromatic N) is 1. The van der Waals surface area contributed by atoms with Crippen molar-refractivity contribution in [1.82, 2.24) is 0 Å². The number of quaternary nitrogens is 1. The van der Waals surface area contributed by atoms with E-state index in [1.807, 2.05) is 0 Å². The molecule has 0 aromatic carbocycles. The molecule has 0 fully saturated rings. The first-order chi connectivity index (χ1) is 9.12. The molecule has 0 saturated carbocycles. The van der Waals surface area contributed by atoms with Crippen LogP contribution in [0.15, 0.2) is 0 Å². The summed E-state index contributed by atoms with van der Waals surface area (Å²) in [5.41, 5.74) is 0. The molecule has 0 aromatic rings. The lowest BCUT2D eigenvalue weighted by Crippen LogP contribution is -2.41. The summed E-state index contributed by atoms with van der Waals surface area (Å²) in [6, 6.07) is 0. The Hall–Kier alpha value is -0.170. The quantitative estimate of drug-likeness (QED) is 0.269. The summed E-state index contributed by atoms with van der Waals surface area (Å²) < 4.78 is 35.3. The van der Waals surface area contributed by atoms with Crippen molar-refractivity contribution in [3.8, 4) is 0 Å². The molecular formula is C14H33NO4S. The van der Waals surface area contributed by atoms with Gasteiger partial charge < -0.3 is 13.6 Å². The van der Waals surface area contributed by atoms with Crippen molar-refractivity contribution in [2.75, 3.05) is 27.2 Å². The van der Waals surface area contributed by atoms with Crippen molar-refractivity contribution in [1.29, 1.82) is 0 Å². The van der Waals surface area contributed by atoms with Crippen LogP contribution in [0.5, 0.6) is 0 Å². The fourth-order valence-electron chi connectivity index (χ4n) is 2.05. The zero-order chi connectivity index (χ0) is 16.1. The highest BCUT2D eigenvalue weighted by Gasteiger charge is 2.12. The molecule has 0 saturated heterocycles. The van der Waals surface area contributed by atoms with Crippen LogP contribution in [0.4, 0.5) is 0 Å². The monoisotopic (exact) mass is 311 g/mol. The second kappa shape index (κ2) is 12.6. The minimum absolute atomic E-state index is 0. The van der Waals surface area contributed by atoms with E-state index in [0.29, 0.717) is 0 Å². The van der Waals surface area contributed by atoms with Gasteiger partial charge in [0.2, 0.25) is 0 Å². The third kappa shape index (κ3) is 26.4. The molecule has 5 nitrogen and oxygen atoms in total. The van der Waals surface area contributed by atoms with Crippen molar-refractivity contribution in [3.63, 3.8) is 0 Å². The van der Waals surface area contributed by atoms with E-state index < -0.39 is 10.4 Å². The lowest BCUT2D eigenvalue weighted by molar-refractivity contribution is -0.890. The van der Waals surface area contributed by atoms with Gasteiger partial charge in [0.15, 0.2) is 0 Å². The summed E-state index contributed by atoms with van der Waals surface area (Å²) in [5.74, 6) is 0. The smallest absolute Gasteiger partial charge is 0.759 e. The van der Waals surface area contributed by atoms with E-state index >= 15 is 0 Å². The van der Waals surface area contributed by atoms with Gasteiger partial charge >= 0.3 is 1.43 Å². The molecule has 0 aliphatic rings. The molecule has 0 aliphatic heterocycles. The molecule has 0 radical (unpaired) electrons. The van der Waals surface area contributed by atoms with E-state index in [4.69, 9.17) is 17.5 Å². The summed E-state index contributed by atoms with van der Waals surface area (Å²) >= 11 is 0. The van der Waals surface area contributed by atoms with Gasteiger partial charge in [0, 0.05) is 10.4 Å². The predicted octanol–water partition coefficient (Wildman–Crippen LogP) is 3.00. The lowest BCUT2D eigenvalue weighted by Gasteiger charge is -2.29. The van der Waals surface area contributed by atoms with Crippen molar-refractivity contribution in [2.24, 2.45) is 0 Å². The first kappa shape index (κ1) is 22.1. The average Bonchev–Trinajstić information content (AvgIpc) is 2.26. The Labute approximate surface area is 127 Å². The highest BCUT2D eigenvalue weighted by Crippen LogP contribution is 2.08. The van der Waals surface area contributed by atoms with Gasteiger partial charge in [-0.15, -0.1) is 0 Å². The van der Waals surface area contributed by atoms with Crippen LogP contribution in [0.3, 0.4) is 0 Å². The first-order valence-corrected chi connectivity index (χ1v) is 8.94. The Morgan fingerprint density at radius 1 is 0.800 bits per heavy atom. The summed E-state index contributed by atoms with van der Waals surface area (Å²) in [4.78, 5) is 0. The van der Waals surface area contributed by atoms with Crippen LogP contribution >= 0.6 is 0 Å². The molecule has 0 aliphatic carbocycles. The van der Waals surface area contributed by atoms with E-state index in [0.717, 1.165) is 0 Å². The fourth-order valence-corrected chi connectivity index (χ4v) is 2.05. The molecule has 124 valence electrons. The molecule has 6 heteroatoms. The van der Waals surface area contributed by atoms with Crippen molar-refractivity contribution in [3.05, 3.63) is 0 Å². The Morgan fingerprint density at radius 3 is 1.50 bits per heavy atom. The maximum absolute atomic E-state index is 8.52. The van der Waals surface area contributed by atoms with Crippen LogP contribution in [0.1, 0.15) is 66.6 Å². The Kier molecular flexibility index (Phi) is 13.9. The van der Waals surface area contributed by atoms with Crippen LogP contribution in [0, 0.1) is 0 Å². The molecular weight excluding hydrogens is 278 g/mol. The molecule has 0 rings (SSSR count). The topological polar surface area (TPSA) is 80.3 Å². The van der Waals surface area contributed by atoms with Gasteiger partial charge in [0.25, 0.3) is 0 Å². The Bertz CT molecular complexity index is 300. The van der Waals surface area contributed by atoms with Gasteiger partial charge in [0.1, 0.15) is 0 Å². The van der Waals surface area contributed by atoms with Crippen LogP contribution < -0.4 is 0 Å². The minimum Gasteiger partial charge on any atom is -0.759 e. The maximum atomic E-state index is 8.52. The molecule has 0 aromatic heterocycles. The predicted molar refractivity (Wildman–Crippen MR) is 81.7 cm³/mol. The number of hydrogen-bond acceptors (Lipinski definition) is 4. The summed E-state index contributed by atoms with van der Waals surface area (Å²) in [6.45, 7) is 7.30. The third-order valence-corrected chi connectivity index (χ3v) is 3.23. The highest BCUT2D eigenvalue weighted by atomic mass is 32.3. The van der Waals surface area contributed by atoms with Crippen LogP contribution in [-0.4, -0.2) is 49.2 Å². The second-order valence-corrected chi connectivity index (χ2v) is 6.73. The van der Waals surface area contributed by atoms with Crippen LogP contribution in [0.25, 0.3) is 0 Å². The van der Waals surface area contributed by atoms with Gasteiger partial charge in [0.05, 0.1) is 27.2 Å². The first-order valence-electron chi connectivity index (χ1n) is 7.61. The SMILES string of the molecule is CCCCCCC[N+](C)(C)CCCCC.O=S(=O)([O-])[O-].[H+]. The zero-order valence-corrected chi connectivity index (χ0v) is 14.4. The molecule has 0 atom stereocenters. The van der Waals surface area contributed by atoms with Gasteiger partial charge in [-0.1, -0.05) is 39.5 Å². The Morgan fingerprint density at radius 2 is 1.10 bits per heavy atom.